The van der Waals surface area contributed by atoms with E-state index >= 15 is 0 Å². The minimum Gasteiger partial charge on any atom is -0.508 e. The Morgan fingerprint density at radius 2 is 1.25 bits per heavy atom. The maximum atomic E-state index is 9.28. The predicted molar refractivity (Wildman–Crippen MR) is 72.5 cm³/mol. The molecule has 0 aliphatic carbocycles. The highest BCUT2D eigenvalue weighted by atomic mass is 16.3. The van der Waals surface area contributed by atoms with Crippen molar-refractivity contribution in [1.29, 1.82) is 0 Å². The van der Waals surface area contributed by atoms with Crippen molar-refractivity contribution in [1.82, 2.24) is 0 Å². The first-order valence-electron chi connectivity index (χ1n) is 5.23. The number of nitrogens with two attached hydrogens (primary N) is 3. The molecule has 0 saturated carbocycles. The van der Waals surface area contributed by atoms with Gasteiger partial charge in [-0.3, -0.25) is 0 Å². The molecule has 0 bridgehead atoms. The van der Waals surface area contributed by atoms with Gasteiger partial charge in [0.15, 0.2) is 0 Å². The van der Waals surface area contributed by atoms with Crippen LogP contribution in [-0.4, -0.2) is 26.2 Å². The Bertz CT molecular complexity index is 227. The number of hydrogen-bond donors (Lipinski definition) is 4. The SMILES string of the molecule is CC(C)c1ccccc1O.CN.CN.CN. The molecule has 4 nitrogen and oxygen atoms in total. The van der Waals surface area contributed by atoms with Crippen LogP contribution in [0.3, 0.4) is 0 Å². The first-order valence-corrected chi connectivity index (χ1v) is 5.23. The lowest BCUT2D eigenvalue weighted by molar-refractivity contribution is 0.465. The Labute approximate surface area is 99.5 Å². The van der Waals surface area contributed by atoms with Crippen LogP contribution in [0.15, 0.2) is 24.3 Å². The van der Waals surface area contributed by atoms with E-state index in [0.29, 0.717) is 11.7 Å². The van der Waals surface area contributed by atoms with E-state index in [1.807, 2.05) is 18.2 Å². The average Bonchev–Trinajstić information content (AvgIpc) is 2.37. The summed E-state index contributed by atoms with van der Waals surface area (Å²) < 4.78 is 0. The summed E-state index contributed by atoms with van der Waals surface area (Å²) in [6, 6.07) is 7.44. The van der Waals surface area contributed by atoms with Gasteiger partial charge < -0.3 is 22.3 Å². The Morgan fingerprint density at radius 1 is 0.875 bits per heavy atom. The first kappa shape index (κ1) is 20.3. The van der Waals surface area contributed by atoms with Crippen molar-refractivity contribution in [2.24, 2.45) is 17.2 Å². The molecule has 0 amide bonds. The summed E-state index contributed by atoms with van der Waals surface area (Å²) >= 11 is 0. The molecule has 0 radical (unpaired) electrons. The second-order valence-corrected chi connectivity index (χ2v) is 2.71. The van der Waals surface area contributed by atoms with E-state index in [4.69, 9.17) is 0 Å². The molecule has 0 heterocycles. The number of aromatic hydroxyl groups is 1. The first-order chi connectivity index (χ1) is 7.72. The Morgan fingerprint density at radius 3 is 1.50 bits per heavy atom. The zero-order valence-corrected chi connectivity index (χ0v) is 11.1. The van der Waals surface area contributed by atoms with Gasteiger partial charge in [-0.2, -0.15) is 0 Å². The molecular formula is C12H27N3O. The third-order valence-electron chi connectivity index (χ3n) is 1.56. The summed E-state index contributed by atoms with van der Waals surface area (Å²) in [6.45, 7) is 4.13. The van der Waals surface area contributed by atoms with E-state index in [1.165, 1.54) is 21.1 Å². The van der Waals surface area contributed by atoms with Crippen molar-refractivity contribution in [3.63, 3.8) is 0 Å². The van der Waals surface area contributed by atoms with Crippen LogP contribution in [0.1, 0.15) is 25.3 Å². The molecule has 0 aromatic heterocycles. The van der Waals surface area contributed by atoms with Gasteiger partial charge in [0, 0.05) is 0 Å². The smallest absolute Gasteiger partial charge is 0.119 e. The molecule has 4 heteroatoms. The van der Waals surface area contributed by atoms with E-state index in [1.54, 1.807) is 6.07 Å². The highest BCUT2D eigenvalue weighted by Gasteiger charge is 2.01. The summed E-state index contributed by atoms with van der Waals surface area (Å²) in [7, 11) is 4.50. The van der Waals surface area contributed by atoms with Gasteiger partial charge in [0.1, 0.15) is 5.75 Å². The van der Waals surface area contributed by atoms with Crippen molar-refractivity contribution in [2.75, 3.05) is 21.1 Å². The number of phenols is 1. The Balaban J connectivity index is -0.000000245. The number of benzene rings is 1. The standard InChI is InChI=1S/C9H12O.3CH5N/c1-7(2)8-5-3-4-6-9(8)10;3*1-2/h3-7,10H,1-2H3;3*2H2,1H3. The number of hydrogen-bond acceptors (Lipinski definition) is 4. The summed E-state index contributed by atoms with van der Waals surface area (Å²) in [6.07, 6.45) is 0. The quantitative estimate of drug-likeness (QED) is 0.582. The second kappa shape index (κ2) is 16.3. The molecule has 1 aromatic carbocycles. The molecule has 0 aliphatic heterocycles. The van der Waals surface area contributed by atoms with E-state index in [-0.39, 0.29) is 0 Å². The normalized spacial score (nSPS) is 7.56. The van der Waals surface area contributed by atoms with E-state index in [0.717, 1.165) is 5.56 Å². The summed E-state index contributed by atoms with van der Waals surface area (Å²) in [5, 5.41) is 9.28. The van der Waals surface area contributed by atoms with Gasteiger partial charge in [-0.1, -0.05) is 32.0 Å². The molecule has 0 unspecified atom stereocenters. The fourth-order valence-electron chi connectivity index (χ4n) is 0.976. The van der Waals surface area contributed by atoms with Crippen molar-refractivity contribution in [3.8, 4) is 5.75 Å². The second-order valence-electron chi connectivity index (χ2n) is 2.71. The van der Waals surface area contributed by atoms with Crippen LogP contribution in [0, 0.1) is 0 Å². The van der Waals surface area contributed by atoms with Gasteiger partial charge in [-0.25, -0.2) is 0 Å². The highest BCUT2D eigenvalue weighted by molar-refractivity contribution is 5.33. The Kier molecular flexibility index (Phi) is 20.8. The van der Waals surface area contributed by atoms with Crippen molar-refractivity contribution in [2.45, 2.75) is 19.8 Å². The number of rotatable bonds is 1. The van der Waals surface area contributed by atoms with Gasteiger partial charge in [0.05, 0.1) is 0 Å². The third-order valence-corrected chi connectivity index (χ3v) is 1.56. The highest BCUT2D eigenvalue weighted by Crippen LogP contribution is 2.23. The van der Waals surface area contributed by atoms with E-state index < -0.39 is 0 Å². The maximum absolute atomic E-state index is 9.28. The summed E-state index contributed by atoms with van der Waals surface area (Å²) in [5.41, 5.74) is 14.5. The van der Waals surface area contributed by atoms with Crippen molar-refractivity contribution in [3.05, 3.63) is 29.8 Å². The maximum Gasteiger partial charge on any atom is 0.119 e. The fourth-order valence-corrected chi connectivity index (χ4v) is 0.976. The van der Waals surface area contributed by atoms with Crippen LogP contribution in [-0.2, 0) is 0 Å². The molecule has 0 aliphatic rings. The molecule has 0 spiro atoms. The van der Waals surface area contributed by atoms with Crippen LogP contribution in [0.2, 0.25) is 0 Å². The molecule has 96 valence electrons. The third kappa shape index (κ3) is 9.45. The van der Waals surface area contributed by atoms with E-state index in [2.05, 4.69) is 31.0 Å². The molecule has 7 N–H and O–H groups in total. The van der Waals surface area contributed by atoms with Crippen LogP contribution >= 0.6 is 0 Å². The molecule has 1 aromatic rings. The van der Waals surface area contributed by atoms with Crippen LogP contribution in [0.5, 0.6) is 5.75 Å². The van der Waals surface area contributed by atoms with Gasteiger partial charge >= 0.3 is 0 Å². The number of para-hydroxylation sites is 1. The topological polar surface area (TPSA) is 98.3 Å². The van der Waals surface area contributed by atoms with Crippen molar-refractivity contribution >= 4 is 0 Å². The monoisotopic (exact) mass is 229 g/mol. The average molecular weight is 229 g/mol. The van der Waals surface area contributed by atoms with Gasteiger partial charge in [0.2, 0.25) is 0 Å². The molecule has 0 saturated heterocycles. The minimum absolute atomic E-state index is 0.400. The van der Waals surface area contributed by atoms with Crippen LogP contribution in [0.25, 0.3) is 0 Å². The lowest BCUT2D eigenvalue weighted by Crippen LogP contribution is -1.85. The van der Waals surface area contributed by atoms with E-state index in [9.17, 15) is 5.11 Å². The molecule has 0 fully saturated rings. The fraction of sp³-hybridized carbons (Fsp3) is 0.500. The molecule has 1 rings (SSSR count). The number of phenolic OH excluding ortho intramolecular Hbond substituents is 1. The molecular weight excluding hydrogens is 202 g/mol. The lowest BCUT2D eigenvalue weighted by atomic mass is 10.0. The summed E-state index contributed by atoms with van der Waals surface area (Å²) in [5.74, 6) is 0.804. The zero-order valence-electron chi connectivity index (χ0n) is 11.1. The van der Waals surface area contributed by atoms with Crippen molar-refractivity contribution < 1.29 is 5.11 Å². The minimum atomic E-state index is 0.400. The predicted octanol–water partition coefficient (Wildman–Crippen LogP) is 1.24. The molecule has 0 atom stereocenters. The summed E-state index contributed by atoms with van der Waals surface area (Å²) in [4.78, 5) is 0. The van der Waals surface area contributed by atoms with Gasteiger partial charge in [-0.15, -0.1) is 0 Å². The lowest BCUT2D eigenvalue weighted by Gasteiger charge is -2.05. The van der Waals surface area contributed by atoms with Crippen LogP contribution < -0.4 is 17.2 Å². The largest absolute Gasteiger partial charge is 0.508 e. The van der Waals surface area contributed by atoms with Gasteiger partial charge in [-0.05, 0) is 38.7 Å². The van der Waals surface area contributed by atoms with Crippen LogP contribution in [0.4, 0.5) is 0 Å². The molecule has 16 heavy (non-hydrogen) atoms. The zero-order chi connectivity index (χ0) is 13.6. The van der Waals surface area contributed by atoms with Gasteiger partial charge in [0.25, 0.3) is 0 Å². The Hall–Kier alpha value is -1.10.